The van der Waals surface area contributed by atoms with Crippen LogP contribution in [0.1, 0.15) is 26.2 Å². The molecular formula is C14H27N3O2. The summed E-state index contributed by atoms with van der Waals surface area (Å²) in [5.74, 6) is 0.781. The van der Waals surface area contributed by atoms with Crippen LogP contribution in [-0.4, -0.2) is 62.8 Å². The highest BCUT2D eigenvalue weighted by molar-refractivity contribution is 5.82. The molecule has 2 aliphatic rings. The van der Waals surface area contributed by atoms with Crippen LogP contribution in [0.15, 0.2) is 0 Å². The van der Waals surface area contributed by atoms with Crippen molar-refractivity contribution < 1.29 is 9.53 Å². The number of ether oxygens (including phenoxy) is 1. The van der Waals surface area contributed by atoms with Gasteiger partial charge < -0.3 is 20.3 Å². The molecule has 2 heterocycles. The molecule has 2 N–H and O–H groups in total. The van der Waals surface area contributed by atoms with Gasteiger partial charge in [-0.25, -0.2) is 0 Å². The molecule has 0 spiro atoms. The van der Waals surface area contributed by atoms with E-state index in [0.29, 0.717) is 5.92 Å². The lowest BCUT2D eigenvalue weighted by Gasteiger charge is -2.31. The van der Waals surface area contributed by atoms with Gasteiger partial charge in [0.2, 0.25) is 5.91 Å². The number of carbonyl (C=O) groups is 1. The summed E-state index contributed by atoms with van der Waals surface area (Å²) in [7, 11) is 1.70. The summed E-state index contributed by atoms with van der Waals surface area (Å²) in [6.07, 6.45) is 3.37. The predicted molar refractivity (Wildman–Crippen MR) is 75.1 cm³/mol. The topological polar surface area (TPSA) is 53.6 Å². The zero-order chi connectivity index (χ0) is 13.7. The van der Waals surface area contributed by atoms with Crippen molar-refractivity contribution >= 4 is 5.91 Å². The number of piperidine rings is 1. The molecule has 2 rings (SSSR count). The van der Waals surface area contributed by atoms with Crippen LogP contribution in [-0.2, 0) is 9.53 Å². The van der Waals surface area contributed by atoms with Gasteiger partial charge >= 0.3 is 0 Å². The van der Waals surface area contributed by atoms with Crippen LogP contribution >= 0.6 is 0 Å². The maximum absolute atomic E-state index is 12.0. The van der Waals surface area contributed by atoms with Gasteiger partial charge in [-0.15, -0.1) is 0 Å². The monoisotopic (exact) mass is 269 g/mol. The van der Waals surface area contributed by atoms with Crippen LogP contribution < -0.4 is 10.6 Å². The van der Waals surface area contributed by atoms with Gasteiger partial charge in [0.15, 0.2) is 0 Å². The quantitative estimate of drug-likeness (QED) is 0.749. The number of carbonyl (C=O) groups excluding carboxylic acids is 1. The van der Waals surface area contributed by atoms with Crippen molar-refractivity contribution in [2.24, 2.45) is 5.92 Å². The molecule has 110 valence electrons. The minimum atomic E-state index is -0.0688. The molecule has 2 saturated heterocycles. The molecule has 2 aliphatic heterocycles. The normalized spacial score (nSPS) is 29.6. The third-order valence-electron chi connectivity index (χ3n) is 4.46. The van der Waals surface area contributed by atoms with Crippen molar-refractivity contribution in [3.63, 3.8) is 0 Å². The van der Waals surface area contributed by atoms with Crippen LogP contribution in [0.3, 0.4) is 0 Å². The van der Waals surface area contributed by atoms with E-state index in [4.69, 9.17) is 4.74 Å². The van der Waals surface area contributed by atoms with Crippen molar-refractivity contribution in [3.05, 3.63) is 0 Å². The van der Waals surface area contributed by atoms with E-state index in [0.717, 1.165) is 26.1 Å². The van der Waals surface area contributed by atoms with Crippen molar-refractivity contribution in [1.82, 2.24) is 15.5 Å². The van der Waals surface area contributed by atoms with Crippen LogP contribution in [0.25, 0.3) is 0 Å². The number of rotatable bonds is 5. The van der Waals surface area contributed by atoms with E-state index in [1.165, 1.54) is 25.9 Å². The van der Waals surface area contributed by atoms with E-state index >= 15 is 0 Å². The van der Waals surface area contributed by atoms with Gasteiger partial charge in [0.1, 0.15) is 0 Å². The van der Waals surface area contributed by atoms with Gasteiger partial charge in [0, 0.05) is 20.2 Å². The first kappa shape index (κ1) is 14.8. The molecule has 5 heteroatoms. The Kier molecular flexibility index (Phi) is 5.60. The first-order chi connectivity index (χ1) is 9.22. The first-order valence-corrected chi connectivity index (χ1v) is 7.49. The number of amides is 1. The van der Waals surface area contributed by atoms with E-state index in [2.05, 4.69) is 22.5 Å². The lowest BCUT2D eigenvalue weighted by molar-refractivity contribution is -0.123. The van der Waals surface area contributed by atoms with Gasteiger partial charge in [0.05, 0.1) is 12.1 Å². The van der Waals surface area contributed by atoms with Gasteiger partial charge in [-0.05, 0) is 44.8 Å². The van der Waals surface area contributed by atoms with Gasteiger partial charge in [0.25, 0.3) is 0 Å². The number of methoxy groups -OCH3 is 1. The van der Waals surface area contributed by atoms with E-state index in [-0.39, 0.29) is 18.1 Å². The van der Waals surface area contributed by atoms with E-state index in [1.54, 1.807) is 7.11 Å². The van der Waals surface area contributed by atoms with Crippen LogP contribution in [0.4, 0.5) is 0 Å². The lowest BCUT2D eigenvalue weighted by atomic mass is 9.96. The predicted octanol–water partition coefficient (Wildman–Crippen LogP) is 0.211. The summed E-state index contributed by atoms with van der Waals surface area (Å²) < 4.78 is 5.26. The average molecular weight is 269 g/mol. The Hall–Kier alpha value is -0.650. The number of likely N-dealkylation sites (tertiary alicyclic amines) is 1. The summed E-state index contributed by atoms with van der Waals surface area (Å²) >= 11 is 0. The lowest BCUT2D eigenvalue weighted by Crippen LogP contribution is -2.44. The number of hydrogen-bond acceptors (Lipinski definition) is 4. The molecule has 0 aromatic heterocycles. The summed E-state index contributed by atoms with van der Waals surface area (Å²) in [5, 5.41) is 6.31. The van der Waals surface area contributed by atoms with Crippen LogP contribution in [0.2, 0.25) is 0 Å². The maximum atomic E-state index is 12.0. The summed E-state index contributed by atoms with van der Waals surface area (Å²) in [5.41, 5.74) is 0. The zero-order valence-electron chi connectivity index (χ0n) is 12.2. The Bertz CT molecular complexity index is 290. The SMILES string of the molecule is CCN1CCC(CNC(=O)C2CC(OC)CN2)CC1. The molecule has 1 amide bonds. The molecular weight excluding hydrogens is 242 g/mol. The van der Waals surface area contributed by atoms with Crippen molar-refractivity contribution in [1.29, 1.82) is 0 Å². The zero-order valence-corrected chi connectivity index (χ0v) is 12.2. The molecule has 0 radical (unpaired) electrons. The highest BCUT2D eigenvalue weighted by atomic mass is 16.5. The maximum Gasteiger partial charge on any atom is 0.237 e. The molecule has 0 bridgehead atoms. The second-order valence-corrected chi connectivity index (χ2v) is 5.68. The summed E-state index contributed by atoms with van der Waals surface area (Å²) in [4.78, 5) is 14.5. The highest BCUT2D eigenvalue weighted by Crippen LogP contribution is 2.16. The fraction of sp³-hybridized carbons (Fsp3) is 0.929. The summed E-state index contributed by atoms with van der Waals surface area (Å²) in [6, 6.07) is -0.0688. The molecule has 19 heavy (non-hydrogen) atoms. The fourth-order valence-electron chi connectivity index (χ4n) is 2.96. The average Bonchev–Trinajstić information content (AvgIpc) is 2.94. The third-order valence-corrected chi connectivity index (χ3v) is 4.46. The van der Waals surface area contributed by atoms with Gasteiger partial charge in [-0.2, -0.15) is 0 Å². The third kappa shape index (κ3) is 4.16. The second kappa shape index (κ2) is 7.22. The molecule has 2 fully saturated rings. The fourth-order valence-corrected chi connectivity index (χ4v) is 2.96. The Morgan fingerprint density at radius 3 is 2.74 bits per heavy atom. The van der Waals surface area contributed by atoms with Crippen molar-refractivity contribution in [3.8, 4) is 0 Å². The minimum Gasteiger partial charge on any atom is -0.380 e. The van der Waals surface area contributed by atoms with E-state index in [9.17, 15) is 4.79 Å². The molecule has 2 unspecified atom stereocenters. The number of hydrogen-bond donors (Lipinski definition) is 2. The molecule has 0 aromatic carbocycles. The Labute approximate surface area is 116 Å². The van der Waals surface area contributed by atoms with Crippen molar-refractivity contribution in [2.75, 3.05) is 39.8 Å². The highest BCUT2D eigenvalue weighted by Gasteiger charge is 2.29. The number of nitrogens with zero attached hydrogens (tertiary/aromatic N) is 1. The first-order valence-electron chi connectivity index (χ1n) is 7.49. The molecule has 0 aromatic rings. The van der Waals surface area contributed by atoms with Gasteiger partial charge in [-0.3, -0.25) is 4.79 Å². The van der Waals surface area contributed by atoms with Crippen LogP contribution in [0, 0.1) is 5.92 Å². The van der Waals surface area contributed by atoms with E-state index in [1.807, 2.05) is 0 Å². The molecule has 0 aliphatic carbocycles. The Morgan fingerprint density at radius 1 is 1.42 bits per heavy atom. The Morgan fingerprint density at radius 2 is 2.16 bits per heavy atom. The smallest absolute Gasteiger partial charge is 0.237 e. The number of nitrogens with one attached hydrogen (secondary N) is 2. The Balaban J connectivity index is 1.64. The van der Waals surface area contributed by atoms with Crippen LogP contribution in [0.5, 0.6) is 0 Å². The molecule has 2 atom stereocenters. The summed E-state index contributed by atoms with van der Waals surface area (Å²) in [6.45, 7) is 7.30. The largest absolute Gasteiger partial charge is 0.380 e. The standard InChI is InChI=1S/C14H27N3O2/c1-3-17-6-4-11(5-7-17)9-16-14(18)13-8-12(19-2)10-15-13/h11-13,15H,3-10H2,1-2H3,(H,16,18). The van der Waals surface area contributed by atoms with Crippen molar-refractivity contribution in [2.45, 2.75) is 38.3 Å². The second-order valence-electron chi connectivity index (χ2n) is 5.68. The molecule has 5 nitrogen and oxygen atoms in total. The minimum absolute atomic E-state index is 0.0688. The van der Waals surface area contributed by atoms with Gasteiger partial charge in [-0.1, -0.05) is 6.92 Å². The van der Waals surface area contributed by atoms with E-state index < -0.39 is 0 Å². The molecule has 0 saturated carbocycles.